The average Bonchev–Trinajstić information content (AvgIpc) is 2.58. The highest BCUT2D eigenvalue weighted by Gasteiger charge is 2.39. The maximum atomic E-state index is 12.2. The number of halogens is 1. The molecule has 7 heteroatoms. The van der Waals surface area contributed by atoms with Crippen LogP contribution in [-0.2, 0) is 16.6 Å². The second kappa shape index (κ2) is 8.35. The fourth-order valence-corrected chi connectivity index (χ4v) is 4.93. The lowest BCUT2D eigenvalue weighted by molar-refractivity contribution is 0.0209. The Balaban J connectivity index is 0.00000225. The van der Waals surface area contributed by atoms with Crippen LogP contribution in [0.2, 0.25) is 0 Å². The Morgan fingerprint density at radius 2 is 1.76 bits per heavy atom. The fourth-order valence-electron chi connectivity index (χ4n) is 4.03. The molecule has 1 heterocycles. The first kappa shape index (κ1) is 20.6. The third-order valence-electron chi connectivity index (χ3n) is 5.54. The molecule has 1 spiro atoms. The number of sulfonamides is 1. The van der Waals surface area contributed by atoms with Gasteiger partial charge < -0.3 is 5.32 Å². The molecule has 0 aromatic heterocycles. The zero-order chi connectivity index (χ0) is 17.2. The maximum absolute atomic E-state index is 12.2. The first-order valence-corrected chi connectivity index (χ1v) is 10.4. The molecule has 3 rings (SSSR count). The predicted molar refractivity (Wildman–Crippen MR) is 104 cm³/mol. The molecule has 1 N–H and O–H groups in total. The molecule has 1 saturated carbocycles. The number of piperazine rings is 1. The van der Waals surface area contributed by atoms with E-state index in [1.807, 2.05) is 12.1 Å². The first-order chi connectivity index (χ1) is 11.4. The first-order valence-electron chi connectivity index (χ1n) is 8.91. The molecule has 0 bridgehead atoms. The highest BCUT2D eigenvalue weighted by Crippen LogP contribution is 2.35. The molecular weight excluding hydrogens is 358 g/mol. The Morgan fingerprint density at radius 1 is 1.12 bits per heavy atom. The summed E-state index contributed by atoms with van der Waals surface area (Å²) in [4.78, 5) is 2.99. The van der Waals surface area contributed by atoms with Crippen LogP contribution in [0.3, 0.4) is 0 Å². The largest absolute Gasteiger partial charge is 0.314 e. The number of nitrogens with one attached hydrogen (secondary N) is 1. The molecule has 0 amide bonds. The Labute approximate surface area is 158 Å². The molecule has 0 atom stereocenters. The van der Waals surface area contributed by atoms with Crippen molar-refractivity contribution in [1.82, 2.24) is 14.5 Å². The smallest absolute Gasteiger partial charge is 0.242 e. The number of nitrogens with zero attached hydrogens (tertiary/aromatic N) is 2. The maximum Gasteiger partial charge on any atom is 0.242 e. The summed E-state index contributed by atoms with van der Waals surface area (Å²) in [5, 5.41) is 3.58. The summed E-state index contributed by atoms with van der Waals surface area (Å²) in [5.74, 6) is 0. The van der Waals surface area contributed by atoms with Gasteiger partial charge in [-0.3, -0.25) is 4.90 Å². The number of hydrogen-bond donors (Lipinski definition) is 1. The van der Waals surface area contributed by atoms with Crippen molar-refractivity contribution in [3.63, 3.8) is 0 Å². The van der Waals surface area contributed by atoms with E-state index < -0.39 is 10.0 Å². The van der Waals surface area contributed by atoms with Gasteiger partial charge in [0.1, 0.15) is 0 Å². The lowest BCUT2D eigenvalue weighted by Crippen LogP contribution is -2.61. The van der Waals surface area contributed by atoms with Gasteiger partial charge in [0, 0.05) is 45.8 Å². The van der Waals surface area contributed by atoms with Gasteiger partial charge in [-0.2, -0.15) is 0 Å². The second-order valence-electron chi connectivity index (χ2n) is 7.31. The van der Waals surface area contributed by atoms with Crippen LogP contribution in [0.5, 0.6) is 0 Å². The summed E-state index contributed by atoms with van der Waals surface area (Å²) >= 11 is 0. The molecule has 142 valence electrons. The van der Waals surface area contributed by atoms with Crippen molar-refractivity contribution in [3.8, 4) is 0 Å². The summed E-state index contributed by atoms with van der Waals surface area (Å²) < 4.78 is 25.6. The van der Waals surface area contributed by atoms with Gasteiger partial charge in [0.2, 0.25) is 10.0 Å². The third-order valence-corrected chi connectivity index (χ3v) is 7.37. The molecule has 1 aromatic rings. The van der Waals surface area contributed by atoms with E-state index in [-0.39, 0.29) is 12.4 Å². The zero-order valence-corrected chi connectivity index (χ0v) is 16.8. The quantitative estimate of drug-likeness (QED) is 0.862. The van der Waals surface area contributed by atoms with Crippen LogP contribution in [0.15, 0.2) is 29.2 Å². The van der Waals surface area contributed by atoms with Gasteiger partial charge in [0.25, 0.3) is 0 Å². The van der Waals surface area contributed by atoms with Gasteiger partial charge in [-0.25, -0.2) is 12.7 Å². The summed E-state index contributed by atoms with van der Waals surface area (Å²) in [7, 11) is -0.211. The molecule has 1 aromatic carbocycles. The van der Waals surface area contributed by atoms with E-state index in [1.165, 1.54) is 42.0 Å². The Morgan fingerprint density at radius 3 is 2.36 bits per heavy atom. The minimum absolute atomic E-state index is 0. The summed E-state index contributed by atoms with van der Waals surface area (Å²) in [6.07, 6.45) is 6.53. The number of rotatable bonds is 4. The molecule has 0 unspecified atom stereocenters. The highest BCUT2D eigenvalue weighted by molar-refractivity contribution is 7.89. The van der Waals surface area contributed by atoms with Crippen LogP contribution in [0.4, 0.5) is 0 Å². The molecule has 1 aliphatic heterocycles. The van der Waals surface area contributed by atoms with Crippen LogP contribution in [0.1, 0.15) is 37.7 Å². The molecular formula is C18H30ClN3O2S. The van der Waals surface area contributed by atoms with E-state index in [2.05, 4.69) is 10.2 Å². The normalized spacial score (nSPS) is 21.2. The fraction of sp³-hybridized carbons (Fsp3) is 0.667. The Hall–Kier alpha value is -0.660. The molecule has 1 saturated heterocycles. The number of benzene rings is 1. The summed E-state index contributed by atoms with van der Waals surface area (Å²) in [6, 6.07) is 7.41. The van der Waals surface area contributed by atoms with Crippen molar-refractivity contribution in [2.45, 2.75) is 49.1 Å². The van der Waals surface area contributed by atoms with Crippen LogP contribution in [0.25, 0.3) is 0 Å². The topological polar surface area (TPSA) is 52.7 Å². The predicted octanol–water partition coefficient (Wildman–Crippen LogP) is 2.47. The van der Waals surface area contributed by atoms with Gasteiger partial charge in [-0.05, 0) is 30.5 Å². The lowest BCUT2D eigenvalue weighted by Gasteiger charge is -2.50. The van der Waals surface area contributed by atoms with E-state index in [9.17, 15) is 8.42 Å². The van der Waals surface area contributed by atoms with E-state index in [1.54, 1.807) is 26.2 Å². The second-order valence-corrected chi connectivity index (χ2v) is 9.47. The molecule has 25 heavy (non-hydrogen) atoms. The van der Waals surface area contributed by atoms with Crippen LogP contribution in [0, 0.1) is 0 Å². The van der Waals surface area contributed by atoms with Crippen LogP contribution < -0.4 is 5.32 Å². The molecule has 0 radical (unpaired) electrons. The minimum Gasteiger partial charge on any atom is -0.314 e. The van der Waals surface area contributed by atoms with Gasteiger partial charge in [-0.15, -0.1) is 12.4 Å². The minimum atomic E-state index is -3.34. The van der Waals surface area contributed by atoms with E-state index in [0.717, 1.165) is 26.2 Å². The van der Waals surface area contributed by atoms with Crippen molar-refractivity contribution in [1.29, 1.82) is 0 Å². The average molecular weight is 388 g/mol. The standard InChI is InChI=1S/C18H29N3O2S.ClH/c1-20(2)24(22,23)17-8-6-16(7-9-17)14-21-13-12-19-15-18(21)10-4-3-5-11-18;/h6-9,19H,3-5,10-15H2,1-2H3;1H. The molecule has 1 aliphatic carbocycles. The molecule has 2 fully saturated rings. The highest BCUT2D eigenvalue weighted by atomic mass is 35.5. The molecule has 5 nitrogen and oxygen atoms in total. The van der Waals surface area contributed by atoms with E-state index in [4.69, 9.17) is 0 Å². The van der Waals surface area contributed by atoms with Crippen LogP contribution >= 0.6 is 12.4 Å². The van der Waals surface area contributed by atoms with Crippen molar-refractivity contribution in [3.05, 3.63) is 29.8 Å². The van der Waals surface area contributed by atoms with Gasteiger partial charge in [0.05, 0.1) is 4.90 Å². The van der Waals surface area contributed by atoms with Crippen molar-refractivity contribution in [2.75, 3.05) is 33.7 Å². The van der Waals surface area contributed by atoms with E-state index >= 15 is 0 Å². The lowest BCUT2D eigenvalue weighted by atomic mass is 9.79. The van der Waals surface area contributed by atoms with Crippen LogP contribution in [-0.4, -0.2) is 56.9 Å². The molecule has 2 aliphatic rings. The van der Waals surface area contributed by atoms with Crippen molar-refractivity contribution >= 4 is 22.4 Å². The van der Waals surface area contributed by atoms with Gasteiger partial charge in [0.15, 0.2) is 0 Å². The monoisotopic (exact) mass is 387 g/mol. The summed E-state index contributed by atoms with van der Waals surface area (Å²) in [6.45, 7) is 4.09. The third kappa shape index (κ3) is 4.37. The van der Waals surface area contributed by atoms with Crippen molar-refractivity contribution in [2.24, 2.45) is 0 Å². The zero-order valence-electron chi connectivity index (χ0n) is 15.2. The summed E-state index contributed by atoms with van der Waals surface area (Å²) in [5.41, 5.74) is 1.49. The number of hydrogen-bond acceptors (Lipinski definition) is 4. The van der Waals surface area contributed by atoms with Crippen molar-refractivity contribution < 1.29 is 8.42 Å². The van der Waals surface area contributed by atoms with E-state index in [0.29, 0.717) is 10.4 Å². The Kier molecular flexibility index (Phi) is 6.90. The van der Waals surface area contributed by atoms with Gasteiger partial charge in [-0.1, -0.05) is 31.4 Å². The van der Waals surface area contributed by atoms with Gasteiger partial charge >= 0.3 is 0 Å². The Bertz CT molecular complexity index is 647. The SMILES string of the molecule is CN(C)S(=O)(=O)c1ccc(CN2CCNCC23CCCCC3)cc1.Cl.